The van der Waals surface area contributed by atoms with Crippen LogP contribution in [0.4, 0.5) is 0 Å². The summed E-state index contributed by atoms with van der Waals surface area (Å²) in [5.41, 5.74) is 3.15. The van der Waals surface area contributed by atoms with Crippen LogP contribution in [0.1, 0.15) is 19.5 Å². The number of aromatic nitrogens is 2. The maximum absolute atomic E-state index is 4.29. The molecule has 0 aliphatic carbocycles. The maximum atomic E-state index is 4.29. The molecule has 14 heavy (non-hydrogen) atoms. The van der Waals surface area contributed by atoms with Crippen molar-refractivity contribution in [3.8, 4) is 0 Å². The quantitative estimate of drug-likeness (QED) is 0.766. The van der Waals surface area contributed by atoms with Crippen LogP contribution < -0.4 is 0 Å². The molecule has 0 spiro atoms. The first-order valence-corrected chi connectivity index (χ1v) is 4.82. The molecule has 0 saturated heterocycles. The van der Waals surface area contributed by atoms with E-state index in [0.717, 1.165) is 22.2 Å². The Kier molecular flexibility index (Phi) is 2.12. The summed E-state index contributed by atoms with van der Waals surface area (Å²) in [4.78, 5) is 0. The standard InChI is InChI=1S/C12H14N2/c1-8(2)9(3)12-10-6-4-5-7-11(10)13-14-12/h4-8H,3H2,1-2H3,(H,13,14). The number of hydrogen-bond donors (Lipinski definition) is 1. The van der Waals surface area contributed by atoms with Crippen LogP contribution in [-0.4, -0.2) is 10.2 Å². The van der Waals surface area contributed by atoms with Crippen molar-refractivity contribution in [3.63, 3.8) is 0 Å². The van der Waals surface area contributed by atoms with Gasteiger partial charge < -0.3 is 0 Å². The summed E-state index contributed by atoms with van der Waals surface area (Å²) in [6, 6.07) is 8.12. The number of fused-ring (bicyclic) bond motifs is 1. The minimum Gasteiger partial charge on any atom is -0.277 e. The first kappa shape index (κ1) is 9.00. The number of hydrogen-bond acceptors (Lipinski definition) is 1. The molecule has 0 unspecified atom stereocenters. The van der Waals surface area contributed by atoms with Crippen molar-refractivity contribution >= 4 is 16.5 Å². The van der Waals surface area contributed by atoms with Gasteiger partial charge in [-0.3, -0.25) is 5.10 Å². The number of H-pyrrole nitrogens is 1. The van der Waals surface area contributed by atoms with E-state index in [-0.39, 0.29) is 0 Å². The summed E-state index contributed by atoms with van der Waals surface area (Å²) in [6.07, 6.45) is 0. The summed E-state index contributed by atoms with van der Waals surface area (Å²) < 4.78 is 0. The highest BCUT2D eigenvalue weighted by Crippen LogP contribution is 2.25. The van der Waals surface area contributed by atoms with Crippen LogP contribution >= 0.6 is 0 Å². The van der Waals surface area contributed by atoms with Gasteiger partial charge in [-0.15, -0.1) is 0 Å². The van der Waals surface area contributed by atoms with E-state index in [9.17, 15) is 0 Å². The molecule has 1 aromatic heterocycles. The molecule has 1 heterocycles. The van der Waals surface area contributed by atoms with Crippen molar-refractivity contribution < 1.29 is 0 Å². The third-order valence-corrected chi connectivity index (χ3v) is 2.47. The number of rotatable bonds is 2. The molecule has 2 rings (SSSR count). The average molecular weight is 186 g/mol. The van der Waals surface area contributed by atoms with E-state index in [1.807, 2.05) is 18.2 Å². The number of allylic oxidation sites excluding steroid dienone is 1. The Hall–Kier alpha value is -1.57. The van der Waals surface area contributed by atoms with Crippen LogP contribution in [0.2, 0.25) is 0 Å². The lowest BCUT2D eigenvalue weighted by Crippen LogP contribution is -1.92. The van der Waals surface area contributed by atoms with Gasteiger partial charge in [0, 0.05) is 5.39 Å². The van der Waals surface area contributed by atoms with E-state index < -0.39 is 0 Å². The molecular formula is C12H14N2. The van der Waals surface area contributed by atoms with E-state index in [1.165, 1.54) is 0 Å². The molecule has 0 amide bonds. The van der Waals surface area contributed by atoms with E-state index in [2.05, 4.69) is 36.7 Å². The second kappa shape index (κ2) is 3.29. The highest BCUT2D eigenvalue weighted by molar-refractivity contribution is 5.89. The van der Waals surface area contributed by atoms with Gasteiger partial charge in [0.05, 0.1) is 11.2 Å². The predicted molar refractivity (Wildman–Crippen MR) is 60.0 cm³/mol. The summed E-state index contributed by atoms with van der Waals surface area (Å²) >= 11 is 0. The predicted octanol–water partition coefficient (Wildman–Crippen LogP) is 3.23. The molecule has 0 saturated carbocycles. The molecule has 0 bridgehead atoms. The number of nitrogens with one attached hydrogen (secondary N) is 1. The fourth-order valence-electron chi connectivity index (χ4n) is 1.48. The zero-order chi connectivity index (χ0) is 10.1. The van der Waals surface area contributed by atoms with Gasteiger partial charge in [0.15, 0.2) is 0 Å². The Labute approximate surface area is 83.6 Å². The largest absolute Gasteiger partial charge is 0.277 e. The molecule has 1 N–H and O–H groups in total. The van der Waals surface area contributed by atoms with Crippen LogP contribution in [0.25, 0.3) is 16.5 Å². The van der Waals surface area contributed by atoms with Crippen molar-refractivity contribution in [1.82, 2.24) is 10.2 Å². The Morgan fingerprint density at radius 1 is 1.36 bits per heavy atom. The van der Waals surface area contributed by atoms with E-state index in [1.54, 1.807) is 0 Å². The molecule has 72 valence electrons. The minimum absolute atomic E-state index is 0.432. The van der Waals surface area contributed by atoms with Crippen LogP contribution in [0.3, 0.4) is 0 Å². The summed E-state index contributed by atoms with van der Waals surface area (Å²) in [6.45, 7) is 8.33. The summed E-state index contributed by atoms with van der Waals surface area (Å²) in [5.74, 6) is 0.432. The molecule has 2 aromatic rings. The molecule has 2 nitrogen and oxygen atoms in total. The molecule has 0 aliphatic rings. The van der Waals surface area contributed by atoms with Gasteiger partial charge in [-0.05, 0) is 17.6 Å². The zero-order valence-corrected chi connectivity index (χ0v) is 8.54. The van der Waals surface area contributed by atoms with Crippen LogP contribution in [-0.2, 0) is 0 Å². The summed E-state index contributed by atoms with van der Waals surface area (Å²) in [7, 11) is 0. The molecule has 0 fully saturated rings. The third-order valence-electron chi connectivity index (χ3n) is 2.47. The number of aromatic amines is 1. The Bertz CT molecular complexity index is 466. The molecule has 0 radical (unpaired) electrons. The van der Waals surface area contributed by atoms with Crippen molar-refractivity contribution in [2.24, 2.45) is 5.92 Å². The highest BCUT2D eigenvalue weighted by Gasteiger charge is 2.10. The fraction of sp³-hybridized carbons (Fsp3) is 0.250. The van der Waals surface area contributed by atoms with Gasteiger partial charge in [0.25, 0.3) is 0 Å². The Morgan fingerprint density at radius 3 is 2.79 bits per heavy atom. The van der Waals surface area contributed by atoms with Gasteiger partial charge in [0.1, 0.15) is 0 Å². The Balaban J connectivity index is 2.58. The average Bonchev–Trinajstić information content (AvgIpc) is 2.60. The lowest BCUT2D eigenvalue weighted by Gasteiger charge is -2.05. The second-order valence-corrected chi connectivity index (χ2v) is 3.80. The van der Waals surface area contributed by atoms with E-state index >= 15 is 0 Å². The second-order valence-electron chi connectivity index (χ2n) is 3.80. The Morgan fingerprint density at radius 2 is 2.07 bits per heavy atom. The molecule has 2 heteroatoms. The fourth-order valence-corrected chi connectivity index (χ4v) is 1.48. The molecule has 0 atom stereocenters. The molecule has 0 aliphatic heterocycles. The lowest BCUT2D eigenvalue weighted by molar-refractivity contribution is 0.849. The van der Waals surface area contributed by atoms with Gasteiger partial charge in [-0.25, -0.2) is 0 Å². The number of nitrogens with zero attached hydrogens (tertiary/aromatic N) is 1. The van der Waals surface area contributed by atoms with Gasteiger partial charge in [0.2, 0.25) is 0 Å². The highest BCUT2D eigenvalue weighted by atomic mass is 15.1. The zero-order valence-electron chi connectivity index (χ0n) is 8.54. The van der Waals surface area contributed by atoms with E-state index in [4.69, 9.17) is 0 Å². The first-order valence-electron chi connectivity index (χ1n) is 4.82. The maximum Gasteiger partial charge on any atom is 0.0955 e. The number of benzene rings is 1. The van der Waals surface area contributed by atoms with Crippen molar-refractivity contribution in [2.45, 2.75) is 13.8 Å². The molecule has 1 aromatic carbocycles. The third kappa shape index (κ3) is 1.33. The lowest BCUT2D eigenvalue weighted by atomic mass is 10.00. The van der Waals surface area contributed by atoms with E-state index in [0.29, 0.717) is 5.92 Å². The number of para-hydroxylation sites is 1. The smallest absolute Gasteiger partial charge is 0.0955 e. The normalized spacial score (nSPS) is 11.1. The van der Waals surface area contributed by atoms with Gasteiger partial charge >= 0.3 is 0 Å². The van der Waals surface area contributed by atoms with Gasteiger partial charge in [-0.2, -0.15) is 5.10 Å². The topological polar surface area (TPSA) is 28.7 Å². The van der Waals surface area contributed by atoms with Crippen molar-refractivity contribution in [1.29, 1.82) is 0 Å². The minimum atomic E-state index is 0.432. The first-order chi connectivity index (χ1) is 6.70. The molecular weight excluding hydrogens is 172 g/mol. The van der Waals surface area contributed by atoms with Crippen molar-refractivity contribution in [3.05, 3.63) is 36.5 Å². The van der Waals surface area contributed by atoms with Crippen molar-refractivity contribution in [2.75, 3.05) is 0 Å². The summed E-state index contributed by atoms with van der Waals surface area (Å²) in [5, 5.41) is 8.46. The van der Waals surface area contributed by atoms with Crippen LogP contribution in [0.5, 0.6) is 0 Å². The van der Waals surface area contributed by atoms with Crippen LogP contribution in [0, 0.1) is 5.92 Å². The van der Waals surface area contributed by atoms with Crippen LogP contribution in [0.15, 0.2) is 30.8 Å². The van der Waals surface area contributed by atoms with Gasteiger partial charge in [-0.1, -0.05) is 38.6 Å². The monoisotopic (exact) mass is 186 g/mol. The SMILES string of the molecule is C=C(c1n[nH]c2ccccc12)C(C)C.